The van der Waals surface area contributed by atoms with Gasteiger partial charge in [0.25, 0.3) is 0 Å². The summed E-state index contributed by atoms with van der Waals surface area (Å²) in [7, 11) is 0. The number of nitrogens with zero attached hydrogens (tertiary/aromatic N) is 2. The van der Waals surface area contributed by atoms with Crippen LogP contribution in [0.4, 0.5) is 0 Å². The zero-order chi connectivity index (χ0) is 18.1. The quantitative estimate of drug-likeness (QED) is 0.746. The summed E-state index contributed by atoms with van der Waals surface area (Å²) in [5.74, 6) is 0.415. The first-order valence-electron chi connectivity index (χ1n) is 9.89. The maximum Gasteiger partial charge on any atom is 0.167 e. The van der Waals surface area contributed by atoms with E-state index in [4.69, 9.17) is 0 Å². The van der Waals surface area contributed by atoms with E-state index in [1.807, 2.05) is 37.3 Å². The minimum Gasteiger partial charge on any atom is -0.300 e. The molecule has 1 saturated heterocycles. The van der Waals surface area contributed by atoms with E-state index in [1.165, 1.54) is 25.7 Å². The number of hydrogen-bond acceptors (Lipinski definition) is 3. The summed E-state index contributed by atoms with van der Waals surface area (Å²) in [5.41, 5.74) is 2.52. The van der Waals surface area contributed by atoms with Crippen molar-refractivity contribution in [2.75, 3.05) is 13.1 Å². The van der Waals surface area contributed by atoms with Gasteiger partial charge in [-0.1, -0.05) is 31.0 Å². The largest absolute Gasteiger partial charge is 0.300 e. The Morgan fingerprint density at radius 2 is 1.92 bits per heavy atom. The highest BCUT2D eigenvalue weighted by molar-refractivity contribution is 6.02. The molecule has 2 aromatic carbocycles. The van der Waals surface area contributed by atoms with Gasteiger partial charge in [-0.25, -0.2) is 0 Å². The predicted molar refractivity (Wildman–Crippen MR) is 104 cm³/mol. The zero-order valence-corrected chi connectivity index (χ0v) is 15.5. The molecule has 0 N–H and O–H groups in total. The van der Waals surface area contributed by atoms with Crippen LogP contribution in [0.25, 0.3) is 10.8 Å². The highest BCUT2D eigenvalue weighted by Gasteiger charge is 2.31. The zero-order valence-electron chi connectivity index (χ0n) is 15.5. The normalized spacial score (nSPS) is 21.8. The number of carbonyl (C=O) groups is 1. The third-order valence-corrected chi connectivity index (χ3v) is 6.36. The van der Waals surface area contributed by atoms with Crippen LogP contribution in [0.3, 0.4) is 0 Å². The number of aryl methyl sites for hydroxylation is 1. The molecule has 0 radical (unpaired) electrons. The highest BCUT2D eigenvalue weighted by Crippen LogP contribution is 2.30. The minimum absolute atomic E-state index is 0.126. The molecule has 0 spiro atoms. The van der Waals surface area contributed by atoms with Crippen LogP contribution in [0.1, 0.15) is 60.0 Å². The van der Waals surface area contributed by atoms with Gasteiger partial charge in [0.2, 0.25) is 0 Å². The van der Waals surface area contributed by atoms with Crippen molar-refractivity contribution in [1.82, 2.24) is 4.90 Å². The molecule has 1 saturated carbocycles. The molecule has 2 fully saturated rings. The first-order valence-corrected chi connectivity index (χ1v) is 9.89. The van der Waals surface area contributed by atoms with E-state index < -0.39 is 0 Å². The maximum absolute atomic E-state index is 13.1. The van der Waals surface area contributed by atoms with E-state index in [1.54, 1.807) is 0 Å². The second-order valence-electron chi connectivity index (χ2n) is 7.92. The Balaban J connectivity index is 1.56. The van der Waals surface area contributed by atoms with Gasteiger partial charge in [-0.05, 0) is 67.6 Å². The van der Waals surface area contributed by atoms with Crippen LogP contribution in [-0.2, 0) is 0 Å². The van der Waals surface area contributed by atoms with Gasteiger partial charge in [0, 0.05) is 24.1 Å². The highest BCUT2D eigenvalue weighted by atomic mass is 16.1. The molecule has 1 aliphatic carbocycles. The lowest BCUT2D eigenvalue weighted by atomic mass is 9.88. The van der Waals surface area contributed by atoms with Crippen molar-refractivity contribution < 1.29 is 4.79 Å². The molecular formula is C23H26N2O. The molecule has 0 aromatic heterocycles. The van der Waals surface area contributed by atoms with Crippen LogP contribution in [0.5, 0.6) is 0 Å². The second-order valence-corrected chi connectivity index (χ2v) is 7.92. The van der Waals surface area contributed by atoms with Crippen molar-refractivity contribution in [3.05, 3.63) is 47.0 Å². The lowest BCUT2D eigenvalue weighted by Crippen LogP contribution is -2.43. The maximum atomic E-state index is 13.1. The Bertz CT molecular complexity index is 874. The van der Waals surface area contributed by atoms with Gasteiger partial charge < -0.3 is 0 Å². The molecule has 2 aromatic rings. The van der Waals surface area contributed by atoms with E-state index in [9.17, 15) is 10.1 Å². The topological polar surface area (TPSA) is 44.1 Å². The van der Waals surface area contributed by atoms with Gasteiger partial charge >= 0.3 is 0 Å². The first-order chi connectivity index (χ1) is 12.7. The summed E-state index contributed by atoms with van der Waals surface area (Å²) in [6.45, 7) is 4.05. The minimum atomic E-state index is 0.126. The van der Waals surface area contributed by atoms with E-state index in [0.29, 0.717) is 11.6 Å². The molecule has 26 heavy (non-hydrogen) atoms. The average molecular weight is 346 g/mol. The molecule has 1 atom stereocenters. The van der Waals surface area contributed by atoms with Crippen LogP contribution in [0.2, 0.25) is 0 Å². The molecule has 1 unspecified atom stereocenters. The number of carbonyl (C=O) groups excluding carboxylic acids is 1. The van der Waals surface area contributed by atoms with Crippen LogP contribution < -0.4 is 0 Å². The van der Waals surface area contributed by atoms with Gasteiger partial charge in [0.05, 0.1) is 11.6 Å². The van der Waals surface area contributed by atoms with E-state index >= 15 is 0 Å². The van der Waals surface area contributed by atoms with Gasteiger partial charge in [0.1, 0.15) is 0 Å². The number of hydrogen-bond donors (Lipinski definition) is 0. The lowest BCUT2D eigenvalue weighted by Gasteiger charge is -2.36. The van der Waals surface area contributed by atoms with Gasteiger partial charge in [-0.3, -0.25) is 9.69 Å². The predicted octanol–water partition coefficient (Wildman–Crippen LogP) is 4.86. The fourth-order valence-corrected chi connectivity index (χ4v) is 4.82. The lowest BCUT2D eigenvalue weighted by molar-refractivity contribution is 0.0757. The fourth-order valence-electron chi connectivity index (χ4n) is 4.82. The molecule has 4 rings (SSSR count). The third-order valence-electron chi connectivity index (χ3n) is 6.36. The molecule has 3 nitrogen and oxygen atoms in total. The van der Waals surface area contributed by atoms with Crippen molar-refractivity contribution >= 4 is 16.6 Å². The monoisotopic (exact) mass is 346 g/mol. The summed E-state index contributed by atoms with van der Waals surface area (Å²) in [4.78, 5) is 15.7. The molecule has 1 aliphatic heterocycles. The van der Waals surface area contributed by atoms with Crippen molar-refractivity contribution in [2.45, 2.75) is 51.5 Å². The van der Waals surface area contributed by atoms with E-state index in [0.717, 1.165) is 47.8 Å². The second kappa shape index (κ2) is 7.21. The van der Waals surface area contributed by atoms with Gasteiger partial charge in [-0.2, -0.15) is 5.26 Å². The Morgan fingerprint density at radius 3 is 2.69 bits per heavy atom. The number of ketones is 1. The van der Waals surface area contributed by atoms with Gasteiger partial charge in [0.15, 0.2) is 5.78 Å². The summed E-state index contributed by atoms with van der Waals surface area (Å²) in [6, 6.07) is 12.7. The molecule has 1 heterocycles. The molecule has 0 amide bonds. The summed E-state index contributed by atoms with van der Waals surface area (Å²) >= 11 is 0. The third kappa shape index (κ3) is 3.15. The molecule has 0 bridgehead atoms. The van der Waals surface area contributed by atoms with Crippen LogP contribution in [0, 0.1) is 24.2 Å². The average Bonchev–Trinajstić information content (AvgIpc) is 3.22. The van der Waals surface area contributed by atoms with Crippen molar-refractivity contribution in [3.8, 4) is 6.07 Å². The van der Waals surface area contributed by atoms with E-state index in [2.05, 4.69) is 11.0 Å². The number of Topliss-reactive ketones (excluding diaryl/α,β-unsaturated/α-hetero) is 1. The standard InChI is InChI=1S/C23H26N2O/c1-16-19(14-24)9-8-17-13-18(10-11-22(16)17)23(26)20-5-4-12-25(15-20)21-6-2-3-7-21/h8-11,13,20-21H,2-7,12,15H2,1H3. The van der Waals surface area contributed by atoms with Crippen LogP contribution >= 0.6 is 0 Å². The fraction of sp³-hybridized carbons (Fsp3) is 0.478. The van der Waals surface area contributed by atoms with Crippen LogP contribution in [-0.4, -0.2) is 29.8 Å². The molecular weight excluding hydrogens is 320 g/mol. The van der Waals surface area contributed by atoms with Gasteiger partial charge in [-0.15, -0.1) is 0 Å². The molecule has 3 heteroatoms. The van der Waals surface area contributed by atoms with Crippen molar-refractivity contribution in [1.29, 1.82) is 5.26 Å². The Kier molecular flexibility index (Phi) is 4.78. The van der Waals surface area contributed by atoms with E-state index in [-0.39, 0.29) is 11.7 Å². The number of fused-ring (bicyclic) bond motifs is 1. The summed E-state index contributed by atoms with van der Waals surface area (Å²) in [5, 5.41) is 11.3. The van der Waals surface area contributed by atoms with Crippen molar-refractivity contribution in [2.24, 2.45) is 5.92 Å². The van der Waals surface area contributed by atoms with Crippen LogP contribution in [0.15, 0.2) is 30.3 Å². The number of likely N-dealkylation sites (tertiary alicyclic amines) is 1. The Labute approximate surface area is 155 Å². The summed E-state index contributed by atoms with van der Waals surface area (Å²) in [6.07, 6.45) is 7.43. The molecule has 134 valence electrons. The number of rotatable bonds is 3. The van der Waals surface area contributed by atoms with Crippen molar-refractivity contribution in [3.63, 3.8) is 0 Å². The summed E-state index contributed by atoms with van der Waals surface area (Å²) < 4.78 is 0. The Hall–Kier alpha value is -2.18. The Morgan fingerprint density at radius 1 is 1.12 bits per heavy atom. The first kappa shape index (κ1) is 17.2. The molecule has 2 aliphatic rings. The SMILES string of the molecule is Cc1c(C#N)ccc2cc(C(=O)C3CCCN(C4CCCC4)C3)ccc12. The number of nitriles is 1. The number of piperidine rings is 1. The number of benzene rings is 2. The smallest absolute Gasteiger partial charge is 0.167 e.